The van der Waals surface area contributed by atoms with Crippen LogP contribution in [0.1, 0.15) is 12.1 Å². The molecule has 1 aliphatic heterocycles. The van der Waals surface area contributed by atoms with Gasteiger partial charge in [-0.1, -0.05) is 6.07 Å². The Kier molecular flexibility index (Phi) is 4.65. The second-order valence-corrected chi connectivity index (χ2v) is 5.12. The Hall–Kier alpha value is -2.41. The van der Waals surface area contributed by atoms with Gasteiger partial charge in [-0.15, -0.1) is 0 Å². The van der Waals surface area contributed by atoms with Gasteiger partial charge in [0.05, 0.1) is 32.0 Å². The number of aromatic nitrogens is 3. The molecule has 22 heavy (non-hydrogen) atoms. The minimum absolute atomic E-state index is 0.0885. The van der Waals surface area contributed by atoms with Crippen LogP contribution in [0.15, 0.2) is 36.9 Å². The van der Waals surface area contributed by atoms with Crippen LogP contribution in [-0.4, -0.2) is 46.2 Å². The molecule has 0 aromatic carbocycles. The van der Waals surface area contributed by atoms with E-state index in [1.807, 2.05) is 12.1 Å². The first-order valence-corrected chi connectivity index (χ1v) is 7.23. The summed E-state index contributed by atoms with van der Waals surface area (Å²) in [6.45, 7) is 1.05. The molecule has 0 unspecified atom stereocenters. The van der Waals surface area contributed by atoms with Gasteiger partial charge < -0.3 is 19.8 Å². The minimum Gasteiger partial charge on any atom is -0.472 e. The number of aromatic amines is 1. The molecule has 7 nitrogen and oxygen atoms in total. The van der Waals surface area contributed by atoms with Gasteiger partial charge in [-0.3, -0.25) is 4.79 Å². The molecule has 116 valence electrons. The maximum atomic E-state index is 12.1. The number of rotatable bonds is 5. The Balaban J connectivity index is 1.58. The smallest absolute Gasteiger partial charge is 0.226 e. The highest BCUT2D eigenvalue weighted by Crippen LogP contribution is 2.16. The van der Waals surface area contributed by atoms with Crippen molar-refractivity contribution in [2.45, 2.75) is 25.0 Å². The maximum Gasteiger partial charge on any atom is 0.226 e. The van der Waals surface area contributed by atoms with Crippen LogP contribution in [0.25, 0.3) is 0 Å². The summed E-state index contributed by atoms with van der Waals surface area (Å²) in [4.78, 5) is 23.1. The number of amides is 1. The van der Waals surface area contributed by atoms with Crippen molar-refractivity contribution < 1.29 is 14.3 Å². The zero-order valence-corrected chi connectivity index (χ0v) is 12.1. The molecule has 7 heteroatoms. The third-order valence-corrected chi connectivity index (χ3v) is 3.46. The molecular formula is C15H18N4O3. The molecule has 1 saturated heterocycles. The summed E-state index contributed by atoms with van der Waals surface area (Å²) in [6, 6.07) is 5.32. The van der Waals surface area contributed by atoms with Gasteiger partial charge >= 0.3 is 0 Å². The van der Waals surface area contributed by atoms with E-state index in [2.05, 4.69) is 20.3 Å². The second kappa shape index (κ2) is 7.04. The van der Waals surface area contributed by atoms with Crippen molar-refractivity contribution in [2.75, 3.05) is 13.2 Å². The minimum atomic E-state index is -0.189. The number of hydrogen-bond donors (Lipinski definition) is 2. The first-order chi connectivity index (χ1) is 10.8. The Labute approximate surface area is 128 Å². The largest absolute Gasteiger partial charge is 0.472 e. The van der Waals surface area contributed by atoms with Gasteiger partial charge in [0.2, 0.25) is 11.8 Å². The molecule has 1 amide bonds. The van der Waals surface area contributed by atoms with E-state index in [0.717, 1.165) is 5.69 Å². The molecule has 2 aromatic rings. The summed E-state index contributed by atoms with van der Waals surface area (Å²) in [5.41, 5.74) is 0.774. The van der Waals surface area contributed by atoms with Gasteiger partial charge in [0.25, 0.3) is 0 Å². The average Bonchev–Trinajstić information content (AvgIpc) is 3.03. The SMILES string of the molecule is O=C(Cc1cnc[nH]1)N[C@@H]1COCC[C@H]1Oc1ccccn1. The van der Waals surface area contributed by atoms with Crippen molar-refractivity contribution in [3.05, 3.63) is 42.6 Å². The molecule has 2 atom stereocenters. The topological polar surface area (TPSA) is 89.1 Å². The lowest BCUT2D eigenvalue weighted by atomic mass is 10.1. The van der Waals surface area contributed by atoms with Crippen molar-refractivity contribution in [3.63, 3.8) is 0 Å². The number of hydrogen-bond acceptors (Lipinski definition) is 5. The third-order valence-electron chi connectivity index (χ3n) is 3.46. The zero-order valence-electron chi connectivity index (χ0n) is 12.1. The number of pyridine rings is 1. The van der Waals surface area contributed by atoms with Crippen LogP contribution in [0.2, 0.25) is 0 Å². The number of H-pyrrole nitrogens is 1. The fraction of sp³-hybridized carbons (Fsp3) is 0.400. The fourth-order valence-corrected chi connectivity index (χ4v) is 2.38. The standard InChI is InChI=1S/C15H18N4O3/c20-14(7-11-8-16-10-18-11)19-12-9-21-6-4-13(12)22-15-3-1-2-5-17-15/h1-3,5,8,10,12-13H,4,6-7,9H2,(H,16,18)(H,19,20)/t12-,13-/m1/s1. The van der Waals surface area contributed by atoms with Gasteiger partial charge in [0.1, 0.15) is 6.10 Å². The summed E-state index contributed by atoms with van der Waals surface area (Å²) in [7, 11) is 0. The van der Waals surface area contributed by atoms with E-state index >= 15 is 0 Å². The lowest BCUT2D eigenvalue weighted by Gasteiger charge is -2.32. The number of nitrogens with zero attached hydrogens (tertiary/aromatic N) is 2. The fourth-order valence-electron chi connectivity index (χ4n) is 2.38. The van der Waals surface area contributed by atoms with Gasteiger partial charge in [0, 0.05) is 30.6 Å². The molecule has 0 spiro atoms. The van der Waals surface area contributed by atoms with Crippen LogP contribution < -0.4 is 10.1 Å². The van der Waals surface area contributed by atoms with Crippen LogP contribution in [-0.2, 0) is 16.0 Å². The summed E-state index contributed by atoms with van der Waals surface area (Å²) in [5, 5.41) is 2.96. The molecule has 0 bridgehead atoms. The number of nitrogens with one attached hydrogen (secondary N) is 2. The normalized spacial score (nSPS) is 21.3. The molecule has 3 rings (SSSR count). The van der Waals surface area contributed by atoms with E-state index in [4.69, 9.17) is 9.47 Å². The Morgan fingerprint density at radius 2 is 2.45 bits per heavy atom. The van der Waals surface area contributed by atoms with Crippen molar-refractivity contribution in [1.82, 2.24) is 20.3 Å². The van der Waals surface area contributed by atoms with E-state index in [1.165, 1.54) is 0 Å². The van der Waals surface area contributed by atoms with Crippen LogP contribution in [0.4, 0.5) is 0 Å². The number of carbonyl (C=O) groups excluding carboxylic acids is 1. The first-order valence-electron chi connectivity index (χ1n) is 7.23. The third kappa shape index (κ3) is 3.82. The van der Waals surface area contributed by atoms with Crippen molar-refractivity contribution >= 4 is 5.91 Å². The zero-order chi connectivity index (χ0) is 15.2. The van der Waals surface area contributed by atoms with Crippen molar-refractivity contribution in [3.8, 4) is 5.88 Å². The number of carbonyl (C=O) groups is 1. The monoisotopic (exact) mass is 302 g/mol. The van der Waals surface area contributed by atoms with E-state index in [1.54, 1.807) is 24.8 Å². The molecule has 2 aromatic heterocycles. The lowest BCUT2D eigenvalue weighted by molar-refractivity contribution is -0.123. The van der Waals surface area contributed by atoms with Gasteiger partial charge in [-0.25, -0.2) is 9.97 Å². The lowest BCUT2D eigenvalue weighted by Crippen LogP contribution is -2.52. The second-order valence-electron chi connectivity index (χ2n) is 5.12. The molecule has 3 heterocycles. The Morgan fingerprint density at radius 3 is 3.23 bits per heavy atom. The highest BCUT2D eigenvalue weighted by Gasteiger charge is 2.29. The average molecular weight is 302 g/mol. The van der Waals surface area contributed by atoms with E-state index < -0.39 is 0 Å². The summed E-state index contributed by atoms with van der Waals surface area (Å²) < 4.78 is 11.3. The molecule has 1 aliphatic rings. The van der Waals surface area contributed by atoms with Gasteiger partial charge in [-0.05, 0) is 6.07 Å². The number of ether oxygens (including phenoxy) is 2. The molecule has 2 N–H and O–H groups in total. The van der Waals surface area contributed by atoms with E-state index in [0.29, 0.717) is 25.5 Å². The van der Waals surface area contributed by atoms with E-state index in [-0.39, 0.29) is 24.5 Å². The maximum absolute atomic E-state index is 12.1. The Morgan fingerprint density at radius 1 is 1.50 bits per heavy atom. The van der Waals surface area contributed by atoms with Crippen molar-refractivity contribution in [1.29, 1.82) is 0 Å². The molecule has 1 fully saturated rings. The van der Waals surface area contributed by atoms with Crippen LogP contribution >= 0.6 is 0 Å². The molecule has 0 radical (unpaired) electrons. The summed E-state index contributed by atoms with van der Waals surface area (Å²) in [5.74, 6) is 0.469. The predicted octanol–water partition coefficient (Wildman–Crippen LogP) is 0.700. The Bertz CT molecular complexity index is 588. The van der Waals surface area contributed by atoms with Gasteiger partial charge in [-0.2, -0.15) is 0 Å². The van der Waals surface area contributed by atoms with Crippen molar-refractivity contribution in [2.24, 2.45) is 0 Å². The van der Waals surface area contributed by atoms with Crippen LogP contribution in [0.3, 0.4) is 0 Å². The van der Waals surface area contributed by atoms with Gasteiger partial charge in [0.15, 0.2) is 0 Å². The summed E-state index contributed by atoms with van der Waals surface area (Å²) >= 11 is 0. The number of imidazole rings is 1. The van der Waals surface area contributed by atoms with Crippen LogP contribution in [0, 0.1) is 0 Å². The molecule has 0 aliphatic carbocycles. The van der Waals surface area contributed by atoms with E-state index in [9.17, 15) is 4.79 Å². The summed E-state index contributed by atoms with van der Waals surface area (Å²) in [6.07, 6.45) is 5.70. The highest BCUT2D eigenvalue weighted by atomic mass is 16.5. The highest BCUT2D eigenvalue weighted by molar-refractivity contribution is 5.78. The predicted molar refractivity (Wildman–Crippen MR) is 78.3 cm³/mol. The molecular weight excluding hydrogens is 284 g/mol. The quantitative estimate of drug-likeness (QED) is 0.848. The molecule has 0 saturated carbocycles. The van der Waals surface area contributed by atoms with Crippen LogP contribution in [0.5, 0.6) is 5.88 Å². The first kappa shape index (κ1) is 14.5.